The Hall–Kier alpha value is -3.15. The van der Waals surface area contributed by atoms with Gasteiger partial charge in [-0.05, 0) is 18.4 Å². The van der Waals surface area contributed by atoms with E-state index in [0.717, 1.165) is 10.8 Å². The van der Waals surface area contributed by atoms with Gasteiger partial charge in [0.05, 0.1) is 0 Å². The number of nitrogens with zero attached hydrogens (tertiary/aromatic N) is 2. The SMILES string of the molecule is CC(Oc1cccc2ccccc12)C(=O)Nc1nccn(C)c1=O. The minimum absolute atomic E-state index is 0.0154. The fraction of sp³-hybridized carbons (Fsp3) is 0.167. The summed E-state index contributed by atoms with van der Waals surface area (Å²) in [6.07, 6.45) is 2.20. The molecule has 1 unspecified atom stereocenters. The van der Waals surface area contributed by atoms with Crippen LogP contribution in [0.4, 0.5) is 5.82 Å². The largest absolute Gasteiger partial charge is 0.480 e. The average molecular weight is 323 g/mol. The van der Waals surface area contributed by atoms with Crippen LogP contribution in [-0.4, -0.2) is 21.6 Å². The number of anilines is 1. The number of benzene rings is 2. The highest BCUT2D eigenvalue weighted by Gasteiger charge is 2.18. The van der Waals surface area contributed by atoms with E-state index in [1.165, 1.54) is 17.0 Å². The van der Waals surface area contributed by atoms with E-state index in [2.05, 4.69) is 10.3 Å². The third-order valence-corrected chi connectivity index (χ3v) is 3.68. The highest BCUT2D eigenvalue weighted by Crippen LogP contribution is 2.26. The highest BCUT2D eigenvalue weighted by atomic mass is 16.5. The fourth-order valence-electron chi connectivity index (χ4n) is 2.34. The van der Waals surface area contributed by atoms with Gasteiger partial charge in [0.2, 0.25) is 0 Å². The number of aryl methyl sites for hydroxylation is 1. The Balaban J connectivity index is 1.79. The lowest BCUT2D eigenvalue weighted by molar-refractivity contribution is -0.122. The molecule has 0 aliphatic rings. The molecule has 1 N–H and O–H groups in total. The molecule has 0 bridgehead atoms. The van der Waals surface area contributed by atoms with E-state index < -0.39 is 12.0 Å². The van der Waals surface area contributed by atoms with Crippen molar-refractivity contribution < 1.29 is 9.53 Å². The van der Waals surface area contributed by atoms with Crippen LogP contribution in [0, 0.1) is 0 Å². The molecule has 1 heterocycles. The smallest absolute Gasteiger partial charge is 0.293 e. The number of fused-ring (bicyclic) bond motifs is 1. The average Bonchev–Trinajstić information content (AvgIpc) is 2.59. The van der Waals surface area contributed by atoms with Crippen molar-refractivity contribution >= 4 is 22.5 Å². The number of carbonyl (C=O) groups is 1. The van der Waals surface area contributed by atoms with Gasteiger partial charge in [-0.3, -0.25) is 9.59 Å². The van der Waals surface area contributed by atoms with E-state index in [1.807, 2.05) is 42.5 Å². The second kappa shape index (κ2) is 6.54. The number of aromatic nitrogens is 2. The standard InChI is InChI=1S/C18H17N3O3/c1-12(17(22)20-16-18(23)21(2)11-10-19-16)24-15-9-5-7-13-6-3-4-8-14(13)15/h3-12H,1-2H3,(H,19,20,22). The summed E-state index contributed by atoms with van der Waals surface area (Å²) in [5, 5.41) is 4.46. The van der Waals surface area contributed by atoms with Gasteiger partial charge in [0, 0.05) is 24.8 Å². The normalized spacial score (nSPS) is 11.9. The maximum atomic E-state index is 12.3. The van der Waals surface area contributed by atoms with Gasteiger partial charge >= 0.3 is 0 Å². The number of hydrogen-bond acceptors (Lipinski definition) is 4. The first-order valence-corrected chi connectivity index (χ1v) is 7.53. The monoisotopic (exact) mass is 323 g/mol. The molecule has 3 aromatic rings. The van der Waals surface area contributed by atoms with E-state index in [1.54, 1.807) is 14.0 Å². The number of amides is 1. The molecule has 0 radical (unpaired) electrons. The molecule has 1 aromatic heterocycles. The van der Waals surface area contributed by atoms with Crippen LogP contribution >= 0.6 is 0 Å². The molecule has 0 saturated carbocycles. The predicted octanol–water partition coefficient (Wildman–Crippen LogP) is 2.34. The first kappa shape index (κ1) is 15.7. The van der Waals surface area contributed by atoms with Crippen molar-refractivity contribution in [1.82, 2.24) is 9.55 Å². The quantitative estimate of drug-likeness (QED) is 0.800. The number of rotatable bonds is 4. The summed E-state index contributed by atoms with van der Waals surface area (Å²) in [7, 11) is 1.59. The van der Waals surface area contributed by atoms with Crippen molar-refractivity contribution in [2.45, 2.75) is 13.0 Å². The van der Waals surface area contributed by atoms with E-state index in [0.29, 0.717) is 5.75 Å². The van der Waals surface area contributed by atoms with Crippen LogP contribution in [-0.2, 0) is 11.8 Å². The van der Waals surface area contributed by atoms with Gasteiger partial charge in [-0.25, -0.2) is 4.98 Å². The molecule has 6 heteroatoms. The van der Waals surface area contributed by atoms with Crippen molar-refractivity contribution in [3.8, 4) is 5.75 Å². The Morgan fingerprint density at radius 3 is 2.79 bits per heavy atom. The second-order valence-corrected chi connectivity index (χ2v) is 5.42. The third kappa shape index (κ3) is 3.12. The third-order valence-electron chi connectivity index (χ3n) is 3.68. The molecular weight excluding hydrogens is 306 g/mol. The van der Waals surface area contributed by atoms with Crippen LogP contribution in [0.15, 0.2) is 59.7 Å². The van der Waals surface area contributed by atoms with Crippen LogP contribution < -0.4 is 15.6 Å². The molecule has 24 heavy (non-hydrogen) atoms. The summed E-state index contributed by atoms with van der Waals surface area (Å²) >= 11 is 0. The summed E-state index contributed by atoms with van der Waals surface area (Å²) in [6.45, 7) is 1.63. The molecule has 2 aromatic carbocycles. The molecule has 0 saturated heterocycles. The molecule has 0 fully saturated rings. The van der Waals surface area contributed by atoms with Crippen molar-refractivity contribution in [3.63, 3.8) is 0 Å². The Morgan fingerprint density at radius 1 is 1.21 bits per heavy atom. The minimum Gasteiger partial charge on any atom is -0.480 e. The van der Waals surface area contributed by atoms with Crippen molar-refractivity contribution in [2.24, 2.45) is 7.05 Å². The Kier molecular flexibility index (Phi) is 4.29. The molecule has 6 nitrogen and oxygen atoms in total. The number of hydrogen-bond donors (Lipinski definition) is 1. The Morgan fingerprint density at radius 2 is 1.96 bits per heavy atom. The minimum atomic E-state index is -0.775. The summed E-state index contributed by atoms with van der Waals surface area (Å²) in [4.78, 5) is 28.1. The van der Waals surface area contributed by atoms with Crippen molar-refractivity contribution in [3.05, 3.63) is 65.2 Å². The molecule has 0 aliphatic heterocycles. The molecule has 3 rings (SSSR count). The summed E-state index contributed by atoms with van der Waals surface area (Å²) in [5.41, 5.74) is -0.372. The van der Waals surface area contributed by atoms with Crippen LogP contribution in [0.5, 0.6) is 5.75 Å². The second-order valence-electron chi connectivity index (χ2n) is 5.42. The summed E-state index contributed by atoms with van der Waals surface area (Å²) in [5.74, 6) is 0.168. The van der Waals surface area contributed by atoms with Crippen LogP contribution in [0.3, 0.4) is 0 Å². The highest BCUT2D eigenvalue weighted by molar-refractivity contribution is 5.94. The van der Waals surface area contributed by atoms with Gasteiger partial charge in [-0.1, -0.05) is 36.4 Å². The zero-order valence-electron chi connectivity index (χ0n) is 13.4. The lowest BCUT2D eigenvalue weighted by Crippen LogP contribution is -2.33. The lowest BCUT2D eigenvalue weighted by atomic mass is 10.1. The van der Waals surface area contributed by atoms with Crippen LogP contribution in [0.2, 0.25) is 0 Å². The van der Waals surface area contributed by atoms with Crippen molar-refractivity contribution in [2.75, 3.05) is 5.32 Å². The zero-order chi connectivity index (χ0) is 17.1. The van der Waals surface area contributed by atoms with Crippen LogP contribution in [0.1, 0.15) is 6.92 Å². The van der Waals surface area contributed by atoms with Gasteiger partial charge in [0.25, 0.3) is 11.5 Å². The maximum absolute atomic E-state index is 12.3. The molecule has 122 valence electrons. The number of ether oxygens (including phenoxy) is 1. The number of nitrogens with one attached hydrogen (secondary N) is 1. The van der Waals surface area contributed by atoms with Crippen LogP contribution in [0.25, 0.3) is 10.8 Å². The van der Waals surface area contributed by atoms with Gasteiger partial charge in [0.1, 0.15) is 5.75 Å². The Bertz CT molecular complexity index is 944. The first-order valence-electron chi connectivity index (χ1n) is 7.53. The van der Waals surface area contributed by atoms with Gasteiger partial charge in [-0.2, -0.15) is 0 Å². The van der Waals surface area contributed by atoms with E-state index in [9.17, 15) is 9.59 Å². The maximum Gasteiger partial charge on any atom is 0.293 e. The van der Waals surface area contributed by atoms with E-state index in [4.69, 9.17) is 4.74 Å². The molecule has 0 aliphatic carbocycles. The number of carbonyl (C=O) groups excluding carboxylic acids is 1. The van der Waals surface area contributed by atoms with Gasteiger partial charge in [0.15, 0.2) is 11.9 Å². The lowest BCUT2D eigenvalue weighted by Gasteiger charge is -2.16. The first-order chi connectivity index (χ1) is 11.6. The Labute approximate surface area is 138 Å². The van der Waals surface area contributed by atoms with Crippen molar-refractivity contribution in [1.29, 1.82) is 0 Å². The van der Waals surface area contributed by atoms with Gasteiger partial charge < -0.3 is 14.6 Å². The molecular formula is C18H17N3O3. The van der Waals surface area contributed by atoms with E-state index in [-0.39, 0.29) is 11.4 Å². The topological polar surface area (TPSA) is 73.2 Å². The summed E-state index contributed by atoms with van der Waals surface area (Å²) < 4.78 is 7.13. The van der Waals surface area contributed by atoms with E-state index >= 15 is 0 Å². The predicted molar refractivity (Wildman–Crippen MR) is 92.1 cm³/mol. The molecule has 0 spiro atoms. The zero-order valence-corrected chi connectivity index (χ0v) is 13.4. The summed E-state index contributed by atoms with van der Waals surface area (Å²) in [6, 6.07) is 13.4. The molecule has 1 amide bonds. The molecule has 1 atom stereocenters. The van der Waals surface area contributed by atoms with Gasteiger partial charge in [-0.15, -0.1) is 0 Å². The fourth-order valence-corrected chi connectivity index (χ4v) is 2.34.